The number of nitrogens with one attached hydrogen (secondary N) is 1. The molecule has 2 rings (SSSR count). The zero-order chi connectivity index (χ0) is 11.5. The minimum atomic E-state index is -0.417. The number of esters is 1. The third-order valence-electron chi connectivity index (χ3n) is 2.21. The van der Waals surface area contributed by atoms with E-state index in [9.17, 15) is 4.79 Å². The van der Waals surface area contributed by atoms with Crippen molar-refractivity contribution >= 4 is 32.9 Å². The lowest BCUT2D eigenvalue weighted by atomic mass is 10.2. The van der Waals surface area contributed by atoms with Gasteiger partial charge in [0.25, 0.3) is 0 Å². The zero-order valence-corrected chi connectivity index (χ0v) is 10.4. The fraction of sp³-hybridized carbons (Fsp3) is 0.273. The predicted molar refractivity (Wildman–Crippen MR) is 64.7 cm³/mol. The third-order valence-corrected chi connectivity index (χ3v) is 2.81. The molecule has 0 saturated carbocycles. The summed E-state index contributed by atoms with van der Waals surface area (Å²) < 4.78 is 4.89. The highest BCUT2D eigenvalue weighted by molar-refractivity contribution is 9.08. The average molecular weight is 283 g/mol. The number of imidazole rings is 1. The summed E-state index contributed by atoms with van der Waals surface area (Å²) in [5, 5.41) is 0.706. The van der Waals surface area contributed by atoms with Crippen molar-refractivity contribution in [1.29, 1.82) is 0 Å². The molecule has 0 unspecified atom stereocenters. The Balaban J connectivity index is 2.47. The summed E-state index contributed by atoms with van der Waals surface area (Å²) >= 11 is 3.39. The molecule has 16 heavy (non-hydrogen) atoms. The van der Waals surface area contributed by atoms with Crippen LogP contribution in [0.25, 0.3) is 11.0 Å². The molecule has 4 nitrogen and oxygen atoms in total. The number of fused-ring (bicyclic) bond motifs is 1. The monoisotopic (exact) mass is 282 g/mol. The number of hydrogen-bond donors (Lipinski definition) is 1. The zero-order valence-electron chi connectivity index (χ0n) is 8.79. The summed E-state index contributed by atoms with van der Waals surface area (Å²) in [6, 6.07) is 5.77. The van der Waals surface area contributed by atoms with E-state index >= 15 is 0 Å². The molecule has 2 aromatic rings. The molecule has 5 heteroatoms. The molecular formula is C11H11BrN2O2. The first-order valence-corrected chi connectivity index (χ1v) is 6.09. The molecule has 1 N–H and O–H groups in total. The van der Waals surface area contributed by atoms with Crippen molar-refractivity contribution in [2.24, 2.45) is 0 Å². The quantitative estimate of drug-likeness (QED) is 0.696. The summed E-state index contributed by atoms with van der Waals surface area (Å²) in [5.74, 6) is -0.163. The molecule has 0 bridgehead atoms. The Morgan fingerprint density at radius 1 is 1.56 bits per heavy atom. The molecule has 1 aromatic carbocycles. The highest BCUT2D eigenvalue weighted by Gasteiger charge is 2.13. The minimum Gasteiger partial charge on any atom is -0.460 e. The van der Waals surface area contributed by atoms with Crippen molar-refractivity contribution in [1.82, 2.24) is 9.97 Å². The van der Waals surface area contributed by atoms with Crippen molar-refractivity contribution in [3.05, 3.63) is 29.6 Å². The van der Waals surface area contributed by atoms with E-state index in [1.807, 2.05) is 18.2 Å². The first-order valence-electron chi connectivity index (χ1n) is 4.97. The number of alkyl halides is 1. The van der Waals surface area contributed by atoms with Crippen LogP contribution in [0.4, 0.5) is 0 Å². The molecule has 0 aliphatic rings. The van der Waals surface area contributed by atoms with Crippen molar-refractivity contribution in [3.63, 3.8) is 0 Å². The van der Waals surface area contributed by atoms with E-state index in [0.717, 1.165) is 16.6 Å². The maximum absolute atomic E-state index is 11.5. The smallest absolute Gasteiger partial charge is 0.374 e. The summed E-state index contributed by atoms with van der Waals surface area (Å²) in [4.78, 5) is 18.7. The Morgan fingerprint density at radius 3 is 3.06 bits per heavy atom. The van der Waals surface area contributed by atoms with Crippen molar-refractivity contribution < 1.29 is 9.53 Å². The maximum Gasteiger partial charge on any atom is 0.374 e. The van der Waals surface area contributed by atoms with Gasteiger partial charge >= 0.3 is 5.97 Å². The predicted octanol–water partition coefficient (Wildman–Crippen LogP) is 2.63. The van der Waals surface area contributed by atoms with E-state index in [2.05, 4.69) is 25.9 Å². The standard InChI is InChI=1S/C11H11BrN2O2/c1-2-16-11(15)10-13-8-5-3-4-7(6-12)9(8)14-10/h3-5H,2,6H2,1H3,(H,13,14). The lowest BCUT2D eigenvalue weighted by Gasteiger charge is -1.95. The van der Waals surface area contributed by atoms with Gasteiger partial charge in [-0.25, -0.2) is 9.78 Å². The molecule has 0 aliphatic carbocycles. The summed E-state index contributed by atoms with van der Waals surface area (Å²) in [5.41, 5.74) is 2.70. The summed E-state index contributed by atoms with van der Waals surface area (Å²) in [6.45, 7) is 2.12. The van der Waals surface area contributed by atoms with Gasteiger partial charge in [-0.1, -0.05) is 28.1 Å². The van der Waals surface area contributed by atoms with Crippen LogP contribution in [0.5, 0.6) is 0 Å². The highest BCUT2D eigenvalue weighted by atomic mass is 79.9. The van der Waals surface area contributed by atoms with Gasteiger partial charge in [0.1, 0.15) is 0 Å². The van der Waals surface area contributed by atoms with Gasteiger partial charge in [-0.05, 0) is 18.6 Å². The van der Waals surface area contributed by atoms with Crippen LogP contribution in [0.1, 0.15) is 23.1 Å². The van der Waals surface area contributed by atoms with Gasteiger partial charge in [-0.3, -0.25) is 0 Å². The topological polar surface area (TPSA) is 55.0 Å². The van der Waals surface area contributed by atoms with Crippen LogP contribution in [0.15, 0.2) is 18.2 Å². The van der Waals surface area contributed by atoms with E-state index in [-0.39, 0.29) is 5.82 Å². The Kier molecular flexibility index (Phi) is 3.24. The van der Waals surface area contributed by atoms with Crippen LogP contribution in [0.2, 0.25) is 0 Å². The second-order valence-electron chi connectivity index (χ2n) is 3.25. The molecule has 0 spiro atoms. The van der Waals surface area contributed by atoms with Crippen LogP contribution in [0, 0.1) is 0 Å². The Labute approximate surface area is 101 Å². The van der Waals surface area contributed by atoms with E-state index in [1.54, 1.807) is 6.92 Å². The van der Waals surface area contributed by atoms with E-state index < -0.39 is 5.97 Å². The number of para-hydroxylation sites is 1. The van der Waals surface area contributed by atoms with Gasteiger partial charge in [-0.2, -0.15) is 0 Å². The third kappa shape index (κ3) is 1.95. The molecule has 1 heterocycles. The van der Waals surface area contributed by atoms with Crippen LogP contribution >= 0.6 is 15.9 Å². The first-order chi connectivity index (χ1) is 7.76. The van der Waals surface area contributed by atoms with Crippen LogP contribution < -0.4 is 0 Å². The summed E-state index contributed by atoms with van der Waals surface area (Å²) in [6.07, 6.45) is 0. The van der Waals surface area contributed by atoms with Crippen molar-refractivity contribution in [2.45, 2.75) is 12.3 Å². The van der Waals surface area contributed by atoms with Gasteiger partial charge in [-0.15, -0.1) is 0 Å². The lowest BCUT2D eigenvalue weighted by molar-refractivity contribution is 0.0514. The Hall–Kier alpha value is -1.36. The first kappa shape index (κ1) is 11.1. The number of rotatable bonds is 3. The molecule has 0 radical (unpaired) electrons. The number of ether oxygens (including phenoxy) is 1. The molecule has 0 aliphatic heterocycles. The Bertz CT molecular complexity index is 522. The fourth-order valence-corrected chi connectivity index (χ4v) is 1.95. The normalized spacial score (nSPS) is 10.6. The lowest BCUT2D eigenvalue weighted by Crippen LogP contribution is -2.06. The molecule has 84 valence electrons. The second-order valence-corrected chi connectivity index (χ2v) is 3.81. The minimum absolute atomic E-state index is 0.255. The number of aromatic amines is 1. The number of halogens is 1. The number of hydrogen-bond acceptors (Lipinski definition) is 3. The highest BCUT2D eigenvalue weighted by Crippen LogP contribution is 2.18. The Morgan fingerprint density at radius 2 is 2.38 bits per heavy atom. The molecular weight excluding hydrogens is 272 g/mol. The molecule has 1 aromatic heterocycles. The maximum atomic E-state index is 11.5. The van der Waals surface area contributed by atoms with E-state index in [1.165, 1.54) is 0 Å². The largest absolute Gasteiger partial charge is 0.460 e. The molecule has 0 fully saturated rings. The van der Waals surface area contributed by atoms with Gasteiger partial charge in [0.2, 0.25) is 5.82 Å². The van der Waals surface area contributed by atoms with Crippen LogP contribution in [-0.4, -0.2) is 22.5 Å². The number of nitrogens with zero attached hydrogens (tertiary/aromatic N) is 1. The van der Waals surface area contributed by atoms with Crippen molar-refractivity contribution in [3.8, 4) is 0 Å². The number of carbonyl (C=O) groups excluding carboxylic acids is 1. The number of benzene rings is 1. The van der Waals surface area contributed by atoms with Gasteiger partial charge in [0.05, 0.1) is 17.6 Å². The SMILES string of the molecule is CCOC(=O)c1nc2c(CBr)cccc2[nH]1. The molecule has 0 amide bonds. The van der Waals surface area contributed by atoms with Gasteiger partial charge < -0.3 is 9.72 Å². The summed E-state index contributed by atoms with van der Waals surface area (Å²) in [7, 11) is 0. The van der Waals surface area contributed by atoms with E-state index in [4.69, 9.17) is 4.74 Å². The molecule has 0 atom stereocenters. The number of H-pyrrole nitrogens is 1. The van der Waals surface area contributed by atoms with Crippen LogP contribution in [-0.2, 0) is 10.1 Å². The van der Waals surface area contributed by atoms with Gasteiger partial charge in [0.15, 0.2) is 0 Å². The van der Waals surface area contributed by atoms with Gasteiger partial charge in [0, 0.05) is 5.33 Å². The number of aromatic nitrogens is 2. The fourth-order valence-electron chi connectivity index (χ4n) is 1.50. The second kappa shape index (κ2) is 4.65. The van der Waals surface area contributed by atoms with Crippen LogP contribution in [0.3, 0.4) is 0 Å². The number of carbonyl (C=O) groups is 1. The average Bonchev–Trinajstić information content (AvgIpc) is 2.72. The van der Waals surface area contributed by atoms with E-state index in [0.29, 0.717) is 11.9 Å². The van der Waals surface area contributed by atoms with Crippen molar-refractivity contribution in [2.75, 3.05) is 6.61 Å². The molecule has 0 saturated heterocycles.